The van der Waals surface area contributed by atoms with Crippen molar-refractivity contribution in [1.82, 2.24) is 4.98 Å². The maximum Gasteiger partial charge on any atom is 0.210 e. The second-order valence-electron chi connectivity index (χ2n) is 3.13. The van der Waals surface area contributed by atoms with E-state index < -0.39 is 15.1 Å². The van der Waals surface area contributed by atoms with E-state index in [1.54, 1.807) is 13.8 Å². The molecule has 14 heavy (non-hydrogen) atoms. The third-order valence-electron chi connectivity index (χ3n) is 2.00. The minimum atomic E-state index is -3.32. The molecule has 0 saturated carbocycles. The van der Waals surface area contributed by atoms with Gasteiger partial charge in [0.15, 0.2) is 0 Å². The zero-order valence-electron chi connectivity index (χ0n) is 8.24. The molecule has 3 nitrogen and oxygen atoms in total. The molecule has 0 aromatic carbocycles. The average Bonchev–Trinajstić information content (AvgIpc) is 2.46. The zero-order chi connectivity index (χ0) is 10.9. The molecule has 1 heterocycles. The average molecular weight is 254 g/mol. The molecule has 80 valence electrons. The van der Waals surface area contributed by atoms with E-state index in [4.69, 9.17) is 11.6 Å². The lowest BCUT2D eigenvalue weighted by molar-refractivity contribution is 0.587. The summed E-state index contributed by atoms with van der Waals surface area (Å²) in [6.45, 7) is 5.25. The summed E-state index contributed by atoms with van der Waals surface area (Å²) < 4.78 is 23.8. The molecule has 1 rings (SSSR count). The Morgan fingerprint density at radius 1 is 1.50 bits per heavy atom. The number of alkyl halides is 1. The van der Waals surface area contributed by atoms with Gasteiger partial charge in [0.1, 0.15) is 0 Å². The fourth-order valence-corrected chi connectivity index (χ4v) is 4.06. The molecule has 1 aromatic rings. The monoisotopic (exact) mass is 253 g/mol. The lowest BCUT2D eigenvalue weighted by Gasteiger charge is -2.05. The minimum Gasteiger partial charge on any atom is -0.230 e. The molecular formula is C8H12ClNO2S2. The van der Waals surface area contributed by atoms with E-state index in [1.807, 2.05) is 6.92 Å². The van der Waals surface area contributed by atoms with E-state index in [1.165, 1.54) is 11.3 Å². The third kappa shape index (κ3) is 2.10. The SMILES string of the molecule is Cc1nc(S(=O)(=O)C(C)CCl)sc1C. The van der Waals surface area contributed by atoms with Crippen LogP contribution in [0.5, 0.6) is 0 Å². The summed E-state index contributed by atoms with van der Waals surface area (Å²) >= 11 is 6.74. The summed E-state index contributed by atoms with van der Waals surface area (Å²) in [5, 5.41) is -0.575. The van der Waals surface area contributed by atoms with E-state index in [0.717, 1.165) is 10.6 Å². The highest BCUT2D eigenvalue weighted by Gasteiger charge is 2.26. The van der Waals surface area contributed by atoms with Crippen LogP contribution in [0.1, 0.15) is 17.5 Å². The van der Waals surface area contributed by atoms with Crippen LogP contribution in [0, 0.1) is 13.8 Å². The molecule has 1 atom stereocenters. The number of nitrogens with zero attached hydrogens (tertiary/aromatic N) is 1. The number of thiazole rings is 1. The summed E-state index contributed by atoms with van der Waals surface area (Å²) in [5.41, 5.74) is 0.773. The fourth-order valence-electron chi connectivity index (χ4n) is 0.820. The van der Waals surface area contributed by atoms with E-state index in [-0.39, 0.29) is 10.2 Å². The number of rotatable bonds is 3. The van der Waals surface area contributed by atoms with Crippen LogP contribution in [0.15, 0.2) is 4.34 Å². The third-order valence-corrected chi connectivity index (χ3v) is 6.26. The van der Waals surface area contributed by atoms with Crippen molar-refractivity contribution in [1.29, 1.82) is 0 Å². The molecule has 0 fully saturated rings. The maximum absolute atomic E-state index is 11.8. The Morgan fingerprint density at radius 2 is 2.07 bits per heavy atom. The van der Waals surface area contributed by atoms with Gasteiger partial charge in [-0.25, -0.2) is 13.4 Å². The van der Waals surface area contributed by atoms with Crippen molar-refractivity contribution < 1.29 is 8.42 Å². The largest absolute Gasteiger partial charge is 0.230 e. The molecule has 6 heteroatoms. The van der Waals surface area contributed by atoms with Crippen LogP contribution >= 0.6 is 22.9 Å². The topological polar surface area (TPSA) is 47.0 Å². The number of halogens is 1. The van der Waals surface area contributed by atoms with Crippen molar-refractivity contribution >= 4 is 32.8 Å². The molecule has 0 amide bonds. The quantitative estimate of drug-likeness (QED) is 0.776. The van der Waals surface area contributed by atoms with E-state index in [0.29, 0.717) is 0 Å². The van der Waals surface area contributed by atoms with Gasteiger partial charge in [0.2, 0.25) is 14.2 Å². The maximum atomic E-state index is 11.8. The van der Waals surface area contributed by atoms with Gasteiger partial charge in [0.05, 0.1) is 10.9 Å². The Bertz CT molecular complexity index is 405. The summed E-state index contributed by atoms with van der Waals surface area (Å²) in [6.07, 6.45) is 0. The van der Waals surface area contributed by atoms with Crippen LogP contribution in [-0.4, -0.2) is 24.5 Å². The molecule has 0 aliphatic carbocycles. The summed E-state index contributed by atoms with van der Waals surface area (Å²) in [5.74, 6) is 0.0972. The normalized spacial score (nSPS) is 14.3. The molecule has 0 saturated heterocycles. The van der Waals surface area contributed by atoms with Gasteiger partial charge < -0.3 is 0 Å². The van der Waals surface area contributed by atoms with Crippen LogP contribution in [0.25, 0.3) is 0 Å². The Hall–Kier alpha value is -0.130. The molecule has 0 aliphatic rings. The predicted octanol–water partition coefficient (Wildman–Crippen LogP) is 2.16. The van der Waals surface area contributed by atoms with Crippen molar-refractivity contribution in [3.8, 4) is 0 Å². The van der Waals surface area contributed by atoms with Gasteiger partial charge >= 0.3 is 0 Å². The van der Waals surface area contributed by atoms with Crippen LogP contribution in [0.3, 0.4) is 0 Å². The van der Waals surface area contributed by atoms with Gasteiger partial charge in [-0.15, -0.1) is 22.9 Å². The molecular weight excluding hydrogens is 242 g/mol. The first-order valence-electron chi connectivity index (χ1n) is 4.13. The Morgan fingerprint density at radius 3 is 2.43 bits per heavy atom. The van der Waals surface area contributed by atoms with Gasteiger partial charge in [0, 0.05) is 10.8 Å². The fraction of sp³-hybridized carbons (Fsp3) is 0.625. The van der Waals surface area contributed by atoms with Crippen LogP contribution in [0.2, 0.25) is 0 Å². The highest BCUT2D eigenvalue weighted by Crippen LogP contribution is 2.24. The van der Waals surface area contributed by atoms with Crippen molar-refractivity contribution in [3.05, 3.63) is 10.6 Å². The van der Waals surface area contributed by atoms with Gasteiger partial charge in [-0.1, -0.05) is 0 Å². The Balaban J connectivity index is 3.17. The number of aryl methyl sites for hydroxylation is 2. The predicted molar refractivity (Wildman–Crippen MR) is 59.0 cm³/mol. The first-order chi connectivity index (χ1) is 6.39. The number of aromatic nitrogens is 1. The molecule has 0 aliphatic heterocycles. The standard InChI is InChI=1S/C8H12ClNO2S2/c1-5(4-9)14(11,12)8-10-6(2)7(3)13-8/h5H,4H2,1-3H3. The van der Waals surface area contributed by atoms with Crippen molar-refractivity contribution in [3.63, 3.8) is 0 Å². The van der Waals surface area contributed by atoms with Crippen molar-refractivity contribution in [2.45, 2.75) is 30.4 Å². The van der Waals surface area contributed by atoms with Crippen LogP contribution < -0.4 is 0 Å². The molecule has 0 radical (unpaired) electrons. The second-order valence-corrected chi connectivity index (χ2v) is 7.18. The van der Waals surface area contributed by atoms with Gasteiger partial charge in [-0.05, 0) is 20.8 Å². The van der Waals surface area contributed by atoms with Crippen molar-refractivity contribution in [2.24, 2.45) is 0 Å². The highest BCUT2D eigenvalue weighted by molar-refractivity contribution is 7.94. The molecule has 0 spiro atoms. The lowest BCUT2D eigenvalue weighted by atomic mass is 10.4. The second kappa shape index (κ2) is 4.16. The summed E-state index contributed by atoms with van der Waals surface area (Å²) in [6, 6.07) is 0. The minimum absolute atomic E-state index is 0.0972. The summed E-state index contributed by atoms with van der Waals surface area (Å²) in [4.78, 5) is 4.96. The van der Waals surface area contributed by atoms with Crippen LogP contribution in [-0.2, 0) is 9.84 Å². The van der Waals surface area contributed by atoms with Gasteiger partial charge in [0.25, 0.3) is 0 Å². The first kappa shape index (κ1) is 11.9. The van der Waals surface area contributed by atoms with E-state index in [9.17, 15) is 8.42 Å². The van der Waals surface area contributed by atoms with Gasteiger partial charge in [-0.2, -0.15) is 0 Å². The zero-order valence-corrected chi connectivity index (χ0v) is 10.6. The number of hydrogen-bond donors (Lipinski definition) is 0. The highest BCUT2D eigenvalue weighted by atomic mass is 35.5. The van der Waals surface area contributed by atoms with Gasteiger partial charge in [-0.3, -0.25) is 0 Å². The first-order valence-corrected chi connectivity index (χ1v) is 7.03. The summed E-state index contributed by atoms with van der Waals surface area (Å²) in [7, 11) is -3.32. The molecule has 1 unspecified atom stereocenters. The lowest BCUT2D eigenvalue weighted by Crippen LogP contribution is -2.19. The van der Waals surface area contributed by atoms with E-state index >= 15 is 0 Å². The number of sulfone groups is 1. The van der Waals surface area contributed by atoms with Crippen molar-refractivity contribution in [2.75, 3.05) is 5.88 Å². The Labute approximate surface area is 93.0 Å². The number of hydrogen-bond acceptors (Lipinski definition) is 4. The molecule has 0 N–H and O–H groups in total. The van der Waals surface area contributed by atoms with E-state index in [2.05, 4.69) is 4.98 Å². The van der Waals surface area contributed by atoms with Crippen LogP contribution in [0.4, 0.5) is 0 Å². The molecule has 1 aromatic heterocycles. The molecule has 0 bridgehead atoms. The Kier molecular flexibility index (Phi) is 3.55. The smallest absolute Gasteiger partial charge is 0.210 e.